The quantitative estimate of drug-likeness (QED) is 0.579. The SMILES string of the molecule is C#CCNCc1cccc(Cl)c1F. The molecule has 1 rings (SSSR count). The molecule has 0 bridgehead atoms. The highest BCUT2D eigenvalue weighted by Gasteiger charge is 2.04. The van der Waals surface area contributed by atoms with Gasteiger partial charge in [0.05, 0.1) is 11.6 Å². The van der Waals surface area contributed by atoms with Crippen LogP contribution in [0.15, 0.2) is 18.2 Å². The fraction of sp³-hybridized carbons (Fsp3) is 0.200. The van der Waals surface area contributed by atoms with Crippen molar-refractivity contribution in [2.24, 2.45) is 0 Å². The molecule has 0 heterocycles. The van der Waals surface area contributed by atoms with E-state index in [1.165, 1.54) is 6.07 Å². The monoisotopic (exact) mass is 197 g/mol. The van der Waals surface area contributed by atoms with Gasteiger partial charge in [-0.15, -0.1) is 6.42 Å². The molecule has 0 unspecified atom stereocenters. The lowest BCUT2D eigenvalue weighted by atomic mass is 10.2. The summed E-state index contributed by atoms with van der Waals surface area (Å²) in [6.07, 6.45) is 5.03. The lowest BCUT2D eigenvalue weighted by Crippen LogP contribution is -2.14. The van der Waals surface area contributed by atoms with Gasteiger partial charge in [0.25, 0.3) is 0 Å². The topological polar surface area (TPSA) is 12.0 Å². The highest BCUT2D eigenvalue weighted by Crippen LogP contribution is 2.17. The molecule has 1 aromatic rings. The molecule has 0 saturated carbocycles. The summed E-state index contributed by atoms with van der Waals surface area (Å²) in [6, 6.07) is 4.89. The third-order valence-corrected chi connectivity index (χ3v) is 1.87. The number of hydrogen-bond acceptors (Lipinski definition) is 1. The van der Waals surface area contributed by atoms with E-state index in [1.54, 1.807) is 12.1 Å². The van der Waals surface area contributed by atoms with Gasteiger partial charge in [-0.05, 0) is 6.07 Å². The molecular formula is C10H9ClFN. The summed E-state index contributed by atoms with van der Waals surface area (Å²) < 4.78 is 13.2. The Balaban J connectivity index is 2.67. The maximum Gasteiger partial charge on any atom is 0.146 e. The van der Waals surface area contributed by atoms with Crippen LogP contribution in [0.5, 0.6) is 0 Å². The second-order valence-corrected chi connectivity index (χ2v) is 2.93. The summed E-state index contributed by atoms with van der Waals surface area (Å²) >= 11 is 5.58. The van der Waals surface area contributed by atoms with Crippen molar-refractivity contribution in [1.29, 1.82) is 0 Å². The molecule has 3 heteroatoms. The van der Waals surface area contributed by atoms with Crippen molar-refractivity contribution in [2.75, 3.05) is 6.54 Å². The zero-order chi connectivity index (χ0) is 9.68. The van der Waals surface area contributed by atoms with Crippen LogP contribution in [0.2, 0.25) is 5.02 Å². The molecule has 0 atom stereocenters. The normalized spacial score (nSPS) is 9.62. The van der Waals surface area contributed by atoms with E-state index in [2.05, 4.69) is 11.2 Å². The van der Waals surface area contributed by atoms with Crippen molar-refractivity contribution in [3.63, 3.8) is 0 Å². The molecule has 13 heavy (non-hydrogen) atoms. The first-order chi connectivity index (χ1) is 6.25. The van der Waals surface area contributed by atoms with Crippen LogP contribution >= 0.6 is 11.6 Å². The third-order valence-electron chi connectivity index (χ3n) is 1.57. The Morgan fingerprint density at radius 1 is 1.54 bits per heavy atom. The molecule has 1 nitrogen and oxygen atoms in total. The third kappa shape index (κ3) is 2.73. The van der Waals surface area contributed by atoms with Crippen molar-refractivity contribution in [2.45, 2.75) is 6.54 Å². The van der Waals surface area contributed by atoms with Gasteiger partial charge in [-0.25, -0.2) is 4.39 Å². The fourth-order valence-corrected chi connectivity index (χ4v) is 1.15. The maximum atomic E-state index is 13.2. The van der Waals surface area contributed by atoms with E-state index in [0.717, 1.165) is 0 Å². The predicted octanol–water partition coefficient (Wildman–Crippen LogP) is 2.20. The van der Waals surface area contributed by atoms with E-state index >= 15 is 0 Å². The second-order valence-electron chi connectivity index (χ2n) is 2.52. The van der Waals surface area contributed by atoms with Crippen molar-refractivity contribution >= 4 is 11.6 Å². The van der Waals surface area contributed by atoms with E-state index in [1.807, 2.05) is 0 Å². The standard InChI is InChI=1S/C10H9ClFN/c1-2-6-13-7-8-4-3-5-9(11)10(8)12/h1,3-5,13H,6-7H2. The highest BCUT2D eigenvalue weighted by molar-refractivity contribution is 6.30. The minimum Gasteiger partial charge on any atom is -0.302 e. The minimum absolute atomic E-state index is 0.139. The molecule has 0 spiro atoms. The average molecular weight is 198 g/mol. The molecule has 0 aliphatic heterocycles. The predicted molar refractivity (Wildman–Crippen MR) is 51.9 cm³/mol. The molecule has 0 fully saturated rings. The molecule has 1 N–H and O–H groups in total. The zero-order valence-electron chi connectivity index (χ0n) is 6.98. The summed E-state index contributed by atoms with van der Waals surface area (Å²) in [5.41, 5.74) is 0.530. The van der Waals surface area contributed by atoms with Crippen LogP contribution in [0.25, 0.3) is 0 Å². The van der Waals surface area contributed by atoms with E-state index in [4.69, 9.17) is 18.0 Å². The Morgan fingerprint density at radius 3 is 3.00 bits per heavy atom. The summed E-state index contributed by atoms with van der Waals surface area (Å²) in [4.78, 5) is 0. The van der Waals surface area contributed by atoms with Crippen molar-refractivity contribution in [1.82, 2.24) is 5.32 Å². The Kier molecular flexibility index (Phi) is 3.75. The number of rotatable bonds is 3. The van der Waals surface area contributed by atoms with Crippen LogP contribution in [-0.2, 0) is 6.54 Å². The van der Waals surface area contributed by atoms with E-state index < -0.39 is 0 Å². The smallest absolute Gasteiger partial charge is 0.146 e. The number of benzene rings is 1. The minimum atomic E-state index is -0.381. The van der Waals surface area contributed by atoms with Crippen molar-refractivity contribution in [3.05, 3.63) is 34.6 Å². The number of terminal acetylenes is 1. The van der Waals surface area contributed by atoms with Gasteiger partial charge >= 0.3 is 0 Å². The van der Waals surface area contributed by atoms with Gasteiger partial charge in [-0.2, -0.15) is 0 Å². The number of nitrogens with one attached hydrogen (secondary N) is 1. The van der Waals surface area contributed by atoms with Crippen molar-refractivity contribution < 1.29 is 4.39 Å². The van der Waals surface area contributed by atoms with Gasteiger partial charge in [0.15, 0.2) is 0 Å². The van der Waals surface area contributed by atoms with Crippen LogP contribution in [0.3, 0.4) is 0 Å². The first-order valence-electron chi connectivity index (χ1n) is 3.82. The largest absolute Gasteiger partial charge is 0.302 e. The molecule has 0 aliphatic carbocycles. The molecular weight excluding hydrogens is 189 g/mol. The van der Waals surface area contributed by atoms with Crippen LogP contribution in [0, 0.1) is 18.2 Å². The van der Waals surface area contributed by atoms with Gasteiger partial charge in [-0.3, -0.25) is 0 Å². The fourth-order valence-electron chi connectivity index (χ4n) is 0.954. The molecule has 0 aliphatic rings. The Labute approximate surface area is 81.9 Å². The summed E-state index contributed by atoms with van der Waals surface area (Å²) in [5.74, 6) is 2.02. The zero-order valence-corrected chi connectivity index (χ0v) is 7.74. The van der Waals surface area contributed by atoms with Gasteiger partial charge in [0.1, 0.15) is 5.82 Å². The Bertz CT molecular complexity index is 330. The molecule has 68 valence electrons. The van der Waals surface area contributed by atoms with Gasteiger partial charge in [-0.1, -0.05) is 29.7 Å². The second kappa shape index (κ2) is 4.86. The van der Waals surface area contributed by atoms with Gasteiger partial charge in [0, 0.05) is 12.1 Å². The van der Waals surface area contributed by atoms with E-state index in [0.29, 0.717) is 18.7 Å². The summed E-state index contributed by atoms with van der Waals surface area (Å²) in [7, 11) is 0. The van der Waals surface area contributed by atoms with Crippen LogP contribution < -0.4 is 5.32 Å². The van der Waals surface area contributed by atoms with Gasteiger partial charge < -0.3 is 5.32 Å². The van der Waals surface area contributed by atoms with Gasteiger partial charge in [0.2, 0.25) is 0 Å². The number of hydrogen-bond donors (Lipinski definition) is 1. The summed E-state index contributed by atoms with van der Waals surface area (Å²) in [6.45, 7) is 0.822. The number of halogens is 2. The highest BCUT2D eigenvalue weighted by atomic mass is 35.5. The lowest BCUT2D eigenvalue weighted by molar-refractivity contribution is 0.598. The molecule has 0 aromatic heterocycles. The Hall–Kier alpha value is -1.04. The van der Waals surface area contributed by atoms with Crippen LogP contribution in [-0.4, -0.2) is 6.54 Å². The summed E-state index contributed by atoms with van der Waals surface area (Å²) in [5, 5.41) is 3.02. The molecule has 0 saturated heterocycles. The molecule has 0 amide bonds. The average Bonchev–Trinajstić information content (AvgIpc) is 2.13. The van der Waals surface area contributed by atoms with E-state index in [9.17, 15) is 4.39 Å². The van der Waals surface area contributed by atoms with E-state index in [-0.39, 0.29) is 10.8 Å². The first kappa shape index (κ1) is 10.0. The lowest BCUT2D eigenvalue weighted by Gasteiger charge is -2.03. The Morgan fingerprint density at radius 2 is 2.31 bits per heavy atom. The van der Waals surface area contributed by atoms with Crippen LogP contribution in [0.1, 0.15) is 5.56 Å². The van der Waals surface area contributed by atoms with Crippen LogP contribution in [0.4, 0.5) is 4.39 Å². The molecule has 1 aromatic carbocycles. The maximum absolute atomic E-state index is 13.2. The van der Waals surface area contributed by atoms with Crippen molar-refractivity contribution in [3.8, 4) is 12.3 Å². The first-order valence-corrected chi connectivity index (χ1v) is 4.20. The molecule has 0 radical (unpaired) electrons.